The van der Waals surface area contributed by atoms with Gasteiger partial charge in [0, 0.05) is 53.2 Å². The number of hydrogen-bond donors (Lipinski definition) is 0. The zero-order valence-corrected chi connectivity index (χ0v) is 27.0. The van der Waals surface area contributed by atoms with Crippen molar-refractivity contribution in [2.45, 2.75) is 9.79 Å². The Morgan fingerprint density at radius 1 is 0.660 bits per heavy atom. The van der Waals surface area contributed by atoms with Gasteiger partial charge >= 0.3 is 0 Å². The number of rotatable bonds is 8. The van der Waals surface area contributed by atoms with Crippen LogP contribution in [0, 0.1) is 11.6 Å². The maximum Gasteiger partial charge on any atom is 0.270 e. The first-order valence-corrected chi connectivity index (χ1v) is 17.0. The lowest BCUT2D eigenvalue weighted by atomic mass is 10.1. The van der Waals surface area contributed by atoms with Gasteiger partial charge in [-0.15, -0.1) is 0 Å². The minimum Gasteiger partial charge on any atom is -0.298 e. The summed E-state index contributed by atoms with van der Waals surface area (Å²) in [5, 5.41) is 0. The molecule has 47 heavy (non-hydrogen) atoms. The van der Waals surface area contributed by atoms with Crippen molar-refractivity contribution < 1.29 is 35.2 Å². The highest BCUT2D eigenvalue weighted by atomic mass is 79.9. The van der Waals surface area contributed by atoms with Gasteiger partial charge in [0.05, 0.1) is 11.4 Å². The van der Waals surface area contributed by atoms with Gasteiger partial charge in [-0.3, -0.25) is 19.6 Å². The largest absolute Gasteiger partial charge is 0.298 e. The summed E-state index contributed by atoms with van der Waals surface area (Å²) in [5.74, 6) is -1.17. The molecule has 0 radical (unpaired) electrons. The monoisotopic (exact) mass is 738 g/mol. The molecule has 238 valence electrons. The number of halogens is 3. The summed E-state index contributed by atoms with van der Waals surface area (Å²) in [6.07, 6.45) is 7.45. The molecule has 10 nitrogen and oxygen atoms in total. The second-order valence-electron chi connectivity index (χ2n) is 9.58. The third kappa shape index (κ3) is 6.58. The van der Waals surface area contributed by atoms with E-state index in [1.54, 1.807) is 12.1 Å². The summed E-state index contributed by atoms with van der Waals surface area (Å²) in [4.78, 5) is 29.7. The Bertz CT molecular complexity index is 2310. The quantitative estimate of drug-likeness (QED) is 0.167. The number of nitrogens with zero attached hydrogens (tertiary/aromatic N) is 4. The Morgan fingerprint density at radius 2 is 1.19 bits per heavy atom. The zero-order valence-electron chi connectivity index (χ0n) is 23.8. The van der Waals surface area contributed by atoms with Crippen LogP contribution < -0.4 is 0 Å². The summed E-state index contributed by atoms with van der Waals surface area (Å²) in [6, 6.07) is 19.9. The number of carbonyl (C=O) groups excluding carboxylic acids is 2. The summed E-state index contributed by atoms with van der Waals surface area (Å²) in [6.45, 7) is 0. The van der Waals surface area contributed by atoms with Crippen molar-refractivity contribution >= 4 is 48.5 Å². The molecule has 0 saturated carbocycles. The van der Waals surface area contributed by atoms with Gasteiger partial charge < -0.3 is 0 Å². The van der Waals surface area contributed by atoms with Gasteiger partial charge in [0.2, 0.25) is 0 Å². The van der Waals surface area contributed by atoms with Crippen molar-refractivity contribution in [1.29, 1.82) is 0 Å². The van der Waals surface area contributed by atoms with E-state index in [9.17, 15) is 35.2 Å². The van der Waals surface area contributed by atoms with Gasteiger partial charge in [-0.2, -0.15) is 0 Å². The van der Waals surface area contributed by atoms with E-state index in [4.69, 9.17) is 0 Å². The molecule has 0 saturated heterocycles. The molecule has 6 rings (SSSR count). The van der Waals surface area contributed by atoms with Crippen LogP contribution in [0.25, 0.3) is 22.5 Å². The highest BCUT2D eigenvalue weighted by Crippen LogP contribution is 2.34. The topological polar surface area (TPSA) is 138 Å². The van der Waals surface area contributed by atoms with Crippen LogP contribution in [0.1, 0.15) is 20.7 Å². The van der Waals surface area contributed by atoms with Gasteiger partial charge in [0.25, 0.3) is 20.0 Å². The van der Waals surface area contributed by atoms with Crippen LogP contribution in [-0.4, -0.2) is 47.3 Å². The molecular formula is C32H21BrF2N4O6S2. The fraction of sp³-hybridized carbons (Fsp3) is 0. The molecule has 0 aliphatic heterocycles. The predicted molar refractivity (Wildman–Crippen MR) is 172 cm³/mol. The molecule has 2 aromatic carbocycles. The van der Waals surface area contributed by atoms with Gasteiger partial charge in [-0.1, -0.05) is 24.3 Å². The molecule has 0 N–H and O–H groups in total. The second kappa shape index (κ2) is 13.7. The molecule has 0 spiro atoms. The van der Waals surface area contributed by atoms with Crippen molar-refractivity contribution in [3.8, 4) is 22.5 Å². The highest BCUT2D eigenvalue weighted by molar-refractivity contribution is 9.10. The van der Waals surface area contributed by atoms with Crippen LogP contribution in [0.2, 0.25) is 0 Å². The van der Waals surface area contributed by atoms with Crippen LogP contribution >= 0.6 is 15.9 Å². The molecule has 0 fully saturated rings. The van der Waals surface area contributed by atoms with Crippen molar-refractivity contribution in [3.05, 3.63) is 143 Å². The zero-order chi connectivity index (χ0) is 33.8. The Hall–Kier alpha value is -5.12. The maximum absolute atomic E-state index is 14.2. The number of hydrogen-bond acceptors (Lipinski definition) is 8. The Morgan fingerprint density at radius 3 is 1.68 bits per heavy atom. The first-order chi connectivity index (χ1) is 22.5. The number of aldehydes is 2. The van der Waals surface area contributed by atoms with Gasteiger partial charge in [-0.05, 0) is 76.6 Å². The lowest BCUT2D eigenvalue weighted by Gasteiger charge is -2.12. The van der Waals surface area contributed by atoms with E-state index in [-0.39, 0.29) is 48.0 Å². The number of benzene rings is 2. The van der Waals surface area contributed by atoms with E-state index in [1.165, 1.54) is 97.6 Å². The number of aromatic nitrogens is 4. The molecule has 0 bridgehead atoms. The average Bonchev–Trinajstić information content (AvgIpc) is 3.68. The van der Waals surface area contributed by atoms with Crippen molar-refractivity contribution in [2.75, 3.05) is 0 Å². The lowest BCUT2D eigenvalue weighted by molar-refractivity contribution is 0.111. The molecule has 15 heteroatoms. The average molecular weight is 740 g/mol. The van der Waals surface area contributed by atoms with Crippen LogP contribution in [0.4, 0.5) is 8.78 Å². The first kappa shape index (κ1) is 33.2. The minimum absolute atomic E-state index is 0.0274. The van der Waals surface area contributed by atoms with Gasteiger partial charge in [-0.25, -0.2) is 33.6 Å². The first-order valence-electron chi connectivity index (χ1n) is 13.4. The van der Waals surface area contributed by atoms with E-state index < -0.39 is 31.7 Å². The van der Waals surface area contributed by atoms with Gasteiger partial charge in [0.1, 0.15) is 26.0 Å². The molecule has 0 unspecified atom stereocenters. The molecular weight excluding hydrogens is 718 g/mol. The molecule has 0 aliphatic rings. The third-order valence-electron chi connectivity index (χ3n) is 6.66. The number of carbonyl (C=O) groups is 2. The normalized spacial score (nSPS) is 11.4. The van der Waals surface area contributed by atoms with Crippen LogP contribution in [0.5, 0.6) is 0 Å². The number of pyridine rings is 2. The Kier molecular flexibility index (Phi) is 9.69. The van der Waals surface area contributed by atoms with Crippen molar-refractivity contribution in [2.24, 2.45) is 0 Å². The summed E-state index contributed by atoms with van der Waals surface area (Å²) >= 11 is 3.13. The molecule has 0 aliphatic carbocycles. The van der Waals surface area contributed by atoms with Crippen LogP contribution in [0.15, 0.2) is 130 Å². The highest BCUT2D eigenvalue weighted by Gasteiger charge is 2.27. The fourth-order valence-corrected chi connectivity index (χ4v) is 8.17. The van der Waals surface area contributed by atoms with E-state index in [1.807, 2.05) is 0 Å². The summed E-state index contributed by atoms with van der Waals surface area (Å²) in [5.41, 5.74) is 0.517. The third-order valence-corrected chi connectivity index (χ3v) is 11.1. The lowest BCUT2D eigenvalue weighted by Crippen LogP contribution is -2.15. The molecule has 0 atom stereocenters. The van der Waals surface area contributed by atoms with Gasteiger partial charge in [0.15, 0.2) is 12.6 Å². The van der Waals surface area contributed by atoms with E-state index >= 15 is 0 Å². The van der Waals surface area contributed by atoms with Crippen molar-refractivity contribution in [3.63, 3.8) is 0 Å². The summed E-state index contributed by atoms with van der Waals surface area (Å²) < 4.78 is 81.4. The molecule has 4 aromatic heterocycles. The van der Waals surface area contributed by atoms with Crippen molar-refractivity contribution in [1.82, 2.24) is 17.9 Å². The molecule has 4 heterocycles. The smallest absolute Gasteiger partial charge is 0.270 e. The maximum atomic E-state index is 14.2. The standard InChI is InChI=1S/C16H10BrFN2O3S.C16H11FN2O3S/c17-16-11(10-21)8-15(13-5-1-2-6-14(13)18)20(16)24(22,23)12-4-3-7-19-9-12;17-15-6-2-1-5-14(15)16-8-12(11-20)10-19(16)23(21,22)13-4-3-7-18-9-13/h1-10H;1-11H. The SMILES string of the molecule is O=Cc1cc(-c2ccccc2F)n(S(=O)(=O)c2cccnc2)c1.O=Cc1cc(-c2ccccc2F)n(S(=O)(=O)c2cccnc2)c1Br. The fourth-order valence-electron chi connectivity index (χ4n) is 4.47. The molecule has 6 aromatic rings. The predicted octanol–water partition coefficient (Wildman–Crippen LogP) is 6.24. The Labute approximate surface area is 276 Å². The van der Waals surface area contributed by atoms with E-state index in [2.05, 4.69) is 25.9 Å². The summed E-state index contributed by atoms with van der Waals surface area (Å²) in [7, 11) is -8.07. The van der Waals surface area contributed by atoms with Crippen LogP contribution in [-0.2, 0) is 20.0 Å². The van der Waals surface area contributed by atoms with E-state index in [0.29, 0.717) is 12.6 Å². The van der Waals surface area contributed by atoms with E-state index in [0.717, 1.165) is 14.1 Å². The van der Waals surface area contributed by atoms with Crippen LogP contribution in [0.3, 0.4) is 0 Å². The molecule has 0 amide bonds. The second-order valence-corrected chi connectivity index (χ2v) is 13.9. The minimum atomic E-state index is -4.07. The Balaban J connectivity index is 0.000000185.